The zero-order chi connectivity index (χ0) is 16.5. The van der Waals surface area contributed by atoms with Crippen molar-refractivity contribution in [3.05, 3.63) is 46.8 Å². The van der Waals surface area contributed by atoms with Crippen molar-refractivity contribution in [1.29, 1.82) is 0 Å². The second kappa shape index (κ2) is 5.99. The molecular formula is C17H19N5O2. The van der Waals surface area contributed by atoms with E-state index in [0.717, 1.165) is 48.5 Å². The van der Waals surface area contributed by atoms with Gasteiger partial charge in [0, 0.05) is 25.9 Å². The van der Waals surface area contributed by atoms with Crippen LogP contribution in [0.2, 0.25) is 0 Å². The van der Waals surface area contributed by atoms with Crippen molar-refractivity contribution in [3.63, 3.8) is 0 Å². The fraction of sp³-hybridized carbons (Fsp3) is 0.353. The van der Waals surface area contributed by atoms with Crippen LogP contribution < -0.4 is 11.0 Å². The molecule has 2 N–H and O–H groups in total. The summed E-state index contributed by atoms with van der Waals surface area (Å²) in [6.07, 6.45) is 5.17. The number of H-pyrrole nitrogens is 1. The van der Waals surface area contributed by atoms with Crippen molar-refractivity contribution in [2.45, 2.75) is 38.8 Å². The third kappa shape index (κ3) is 2.62. The minimum atomic E-state index is -0.189. The number of anilines is 1. The number of aromatic nitrogens is 4. The van der Waals surface area contributed by atoms with Crippen molar-refractivity contribution in [2.24, 2.45) is 0 Å². The molecule has 0 atom stereocenters. The molecule has 0 aliphatic carbocycles. The van der Waals surface area contributed by atoms with Gasteiger partial charge in [-0.25, -0.2) is 9.78 Å². The average molecular weight is 325 g/mol. The number of hydrogen-bond acceptors (Lipinski definition) is 3. The molecule has 0 fully saturated rings. The molecule has 24 heavy (non-hydrogen) atoms. The average Bonchev–Trinajstić information content (AvgIpc) is 3.14. The van der Waals surface area contributed by atoms with E-state index in [1.165, 1.54) is 0 Å². The lowest BCUT2D eigenvalue weighted by atomic mass is 10.2. The molecule has 7 heteroatoms. The number of amides is 1. The van der Waals surface area contributed by atoms with Gasteiger partial charge in [0.05, 0.1) is 17.2 Å². The van der Waals surface area contributed by atoms with E-state index in [1.54, 1.807) is 10.8 Å². The van der Waals surface area contributed by atoms with Crippen LogP contribution in [0.25, 0.3) is 11.0 Å². The molecule has 2 aromatic heterocycles. The minimum Gasteiger partial charge on any atom is -0.315 e. The van der Waals surface area contributed by atoms with Crippen molar-refractivity contribution in [3.8, 4) is 0 Å². The van der Waals surface area contributed by atoms with Gasteiger partial charge in [-0.15, -0.1) is 0 Å². The highest BCUT2D eigenvalue weighted by Crippen LogP contribution is 2.19. The summed E-state index contributed by atoms with van der Waals surface area (Å²) in [6.45, 7) is 1.24. The van der Waals surface area contributed by atoms with E-state index in [9.17, 15) is 9.59 Å². The largest absolute Gasteiger partial charge is 0.326 e. The molecule has 0 unspecified atom stereocenters. The number of aromatic amines is 1. The molecule has 0 radical (unpaired) electrons. The molecule has 4 rings (SSSR count). The number of aryl methyl sites for hydroxylation is 2. The van der Waals surface area contributed by atoms with Gasteiger partial charge < -0.3 is 14.9 Å². The Morgan fingerprint density at radius 3 is 3.08 bits per heavy atom. The van der Waals surface area contributed by atoms with Crippen molar-refractivity contribution < 1.29 is 4.79 Å². The molecule has 3 heterocycles. The fourth-order valence-corrected chi connectivity index (χ4v) is 3.26. The molecule has 0 bridgehead atoms. The Morgan fingerprint density at radius 2 is 2.17 bits per heavy atom. The number of nitrogens with one attached hydrogen (secondary N) is 2. The lowest BCUT2D eigenvalue weighted by Crippen LogP contribution is -2.22. The fourth-order valence-electron chi connectivity index (χ4n) is 3.26. The first kappa shape index (κ1) is 14.7. The standard InChI is InChI=1S/C17H19N5O2/c23-16(20-15-11-18-14-7-3-4-9-22(14)15)8-10-21-13-6-2-1-5-12(13)19-17(21)24/h1-2,5-6,11H,3-4,7-10H2,(H,19,24)(H,20,23). The monoisotopic (exact) mass is 325 g/mol. The number of carbonyl (C=O) groups is 1. The lowest BCUT2D eigenvalue weighted by molar-refractivity contribution is -0.116. The molecule has 0 saturated heterocycles. The van der Waals surface area contributed by atoms with Crippen molar-refractivity contribution in [1.82, 2.24) is 19.1 Å². The molecule has 1 aromatic carbocycles. The van der Waals surface area contributed by atoms with Crippen LogP contribution in [-0.4, -0.2) is 25.0 Å². The van der Waals surface area contributed by atoms with Crippen LogP contribution in [0.4, 0.5) is 5.82 Å². The van der Waals surface area contributed by atoms with Gasteiger partial charge in [0.1, 0.15) is 11.6 Å². The summed E-state index contributed by atoms with van der Waals surface area (Å²) in [4.78, 5) is 31.4. The SMILES string of the molecule is O=C(CCn1c(=O)[nH]c2ccccc21)Nc1cnc2n1CCCC2. The van der Waals surface area contributed by atoms with Crippen LogP contribution in [0.15, 0.2) is 35.3 Å². The quantitative estimate of drug-likeness (QED) is 0.768. The number of fused-ring (bicyclic) bond motifs is 2. The first-order chi connectivity index (χ1) is 11.7. The van der Waals surface area contributed by atoms with E-state index in [2.05, 4.69) is 19.9 Å². The number of nitrogens with zero attached hydrogens (tertiary/aromatic N) is 3. The molecule has 0 saturated carbocycles. The summed E-state index contributed by atoms with van der Waals surface area (Å²) >= 11 is 0. The Bertz CT molecular complexity index is 949. The smallest absolute Gasteiger partial charge is 0.315 e. The van der Waals surface area contributed by atoms with Gasteiger partial charge in [-0.05, 0) is 25.0 Å². The van der Waals surface area contributed by atoms with E-state index >= 15 is 0 Å². The summed E-state index contributed by atoms with van der Waals surface area (Å²) in [6, 6.07) is 7.48. The van der Waals surface area contributed by atoms with E-state index < -0.39 is 0 Å². The van der Waals surface area contributed by atoms with Crippen LogP contribution in [0.5, 0.6) is 0 Å². The summed E-state index contributed by atoms with van der Waals surface area (Å²) in [7, 11) is 0. The predicted molar refractivity (Wildman–Crippen MR) is 91.0 cm³/mol. The topological polar surface area (TPSA) is 84.7 Å². The van der Waals surface area contributed by atoms with E-state index in [1.807, 2.05) is 24.3 Å². The zero-order valence-corrected chi connectivity index (χ0v) is 13.3. The van der Waals surface area contributed by atoms with Gasteiger partial charge in [0.2, 0.25) is 5.91 Å². The Balaban J connectivity index is 1.46. The van der Waals surface area contributed by atoms with E-state index in [0.29, 0.717) is 6.54 Å². The highest BCUT2D eigenvalue weighted by molar-refractivity contribution is 5.90. The molecule has 1 aliphatic rings. The van der Waals surface area contributed by atoms with Crippen LogP contribution >= 0.6 is 0 Å². The summed E-state index contributed by atoms with van der Waals surface area (Å²) < 4.78 is 3.67. The number of rotatable bonds is 4. The normalized spacial score (nSPS) is 13.8. The molecule has 0 spiro atoms. The summed E-state index contributed by atoms with van der Waals surface area (Å²) in [5.41, 5.74) is 1.41. The molecular weight excluding hydrogens is 306 g/mol. The van der Waals surface area contributed by atoms with Gasteiger partial charge in [0.25, 0.3) is 0 Å². The maximum Gasteiger partial charge on any atom is 0.326 e. The van der Waals surface area contributed by atoms with E-state index in [-0.39, 0.29) is 18.0 Å². The van der Waals surface area contributed by atoms with Gasteiger partial charge in [0.15, 0.2) is 0 Å². The summed E-state index contributed by atoms with van der Waals surface area (Å²) in [5.74, 6) is 1.67. The Kier molecular flexibility index (Phi) is 3.68. The second-order valence-corrected chi connectivity index (χ2v) is 6.07. The first-order valence-corrected chi connectivity index (χ1v) is 8.24. The van der Waals surface area contributed by atoms with Gasteiger partial charge in [-0.1, -0.05) is 12.1 Å². The third-order valence-electron chi connectivity index (χ3n) is 4.48. The summed E-state index contributed by atoms with van der Waals surface area (Å²) in [5, 5.41) is 2.92. The number of benzene rings is 1. The Labute approximate surface area is 138 Å². The maximum atomic E-state index is 12.3. The van der Waals surface area contributed by atoms with Crippen LogP contribution in [0.1, 0.15) is 25.1 Å². The Hall–Kier alpha value is -2.83. The minimum absolute atomic E-state index is 0.111. The van der Waals surface area contributed by atoms with Crippen molar-refractivity contribution >= 4 is 22.8 Å². The number of hydrogen-bond donors (Lipinski definition) is 2. The molecule has 1 amide bonds. The molecule has 3 aromatic rings. The zero-order valence-electron chi connectivity index (χ0n) is 13.3. The first-order valence-electron chi connectivity index (χ1n) is 8.24. The second-order valence-electron chi connectivity index (χ2n) is 6.07. The predicted octanol–water partition coefficient (Wildman–Crippen LogP) is 1.89. The molecule has 1 aliphatic heterocycles. The molecule has 124 valence electrons. The van der Waals surface area contributed by atoms with Crippen LogP contribution in [0, 0.1) is 0 Å². The van der Waals surface area contributed by atoms with Crippen LogP contribution in [-0.2, 0) is 24.3 Å². The van der Waals surface area contributed by atoms with Crippen molar-refractivity contribution in [2.75, 3.05) is 5.32 Å². The van der Waals surface area contributed by atoms with E-state index in [4.69, 9.17) is 0 Å². The van der Waals surface area contributed by atoms with Gasteiger partial charge >= 0.3 is 5.69 Å². The van der Waals surface area contributed by atoms with Crippen LogP contribution in [0.3, 0.4) is 0 Å². The number of imidazole rings is 2. The lowest BCUT2D eigenvalue weighted by Gasteiger charge is -2.16. The maximum absolute atomic E-state index is 12.3. The van der Waals surface area contributed by atoms with Gasteiger partial charge in [-0.3, -0.25) is 9.36 Å². The number of para-hydroxylation sites is 2. The Morgan fingerprint density at radius 1 is 1.29 bits per heavy atom. The third-order valence-corrected chi connectivity index (χ3v) is 4.48. The molecule has 7 nitrogen and oxygen atoms in total. The highest BCUT2D eigenvalue weighted by atomic mass is 16.2. The van der Waals surface area contributed by atoms with Gasteiger partial charge in [-0.2, -0.15) is 0 Å². The highest BCUT2D eigenvalue weighted by Gasteiger charge is 2.16. The number of carbonyl (C=O) groups excluding carboxylic acids is 1.